The van der Waals surface area contributed by atoms with E-state index >= 15 is 0 Å². The van der Waals surface area contributed by atoms with Crippen molar-refractivity contribution < 1.29 is 33.5 Å². The number of ether oxygens (including phenoxy) is 4. The van der Waals surface area contributed by atoms with Gasteiger partial charge in [-0.1, -0.05) is 36.4 Å². The average Bonchev–Trinajstić information content (AvgIpc) is 3.70. The first kappa shape index (κ1) is 33.9. The molecule has 5 aromatic rings. The molecule has 13 heteroatoms. The van der Waals surface area contributed by atoms with Gasteiger partial charge < -0.3 is 29.2 Å². The van der Waals surface area contributed by atoms with Crippen molar-refractivity contribution >= 4 is 46.5 Å². The fraction of sp³-hybridized carbons (Fsp3) is 0.214. The Morgan fingerprint density at radius 1 is 0.745 bits per heavy atom. The molecule has 1 unspecified atom stereocenters. The third kappa shape index (κ3) is 5.93. The van der Waals surface area contributed by atoms with Gasteiger partial charge in [0.15, 0.2) is 23.0 Å². The number of aliphatic imine (C=N–C) groups is 1. The summed E-state index contributed by atoms with van der Waals surface area (Å²) in [5.74, 6) is 1.08. The van der Waals surface area contributed by atoms with Gasteiger partial charge in [0.2, 0.25) is 0 Å². The van der Waals surface area contributed by atoms with E-state index in [9.17, 15) is 19.7 Å². The van der Waals surface area contributed by atoms with Crippen molar-refractivity contribution in [3.8, 4) is 23.0 Å². The van der Waals surface area contributed by atoms with Crippen molar-refractivity contribution in [2.24, 2.45) is 4.99 Å². The number of nitrogens with one attached hydrogen (secondary N) is 1. The lowest BCUT2D eigenvalue weighted by Crippen LogP contribution is -2.39. The number of carbonyl (C=O) groups excluding carboxylic acids is 2. The number of para-hydroxylation sites is 2. The van der Waals surface area contributed by atoms with E-state index in [1.54, 1.807) is 41.4 Å². The molecule has 0 saturated heterocycles. The summed E-state index contributed by atoms with van der Waals surface area (Å²) in [5.41, 5.74) is 6.81. The Morgan fingerprint density at radius 3 is 2.02 bits per heavy atom. The molecule has 1 N–H and O–H groups in total. The van der Waals surface area contributed by atoms with Gasteiger partial charge in [0, 0.05) is 54.8 Å². The quantitative estimate of drug-likeness (QED) is 0.124. The van der Waals surface area contributed by atoms with Crippen LogP contribution in [0.2, 0.25) is 0 Å². The first-order valence-electron chi connectivity index (χ1n) is 17.9. The maximum atomic E-state index is 13.8. The monoisotopic (exact) mass is 737 g/mol. The van der Waals surface area contributed by atoms with Crippen molar-refractivity contribution in [3.05, 3.63) is 134 Å². The van der Waals surface area contributed by atoms with Gasteiger partial charge in [0.1, 0.15) is 13.2 Å². The van der Waals surface area contributed by atoms with Gasteiger partial charge in [0.05, 0.1) is 53.7 Å². The molecule has 2 amide bonds. The number of fused-ring (bicyclic) bond motifs is 8. The number of hydrogen-bond donors (Lipinski definition) is 1. The number of nitrogens with zero attached hydrogens (tertiary/aromatic N) is 4. The second-order valence-corrected chi connectivity index (χ2v) is 13.8. The van der Waals surface area contributed by atoms with E-state index in [0.29, 0.717) is 69.6 Å². The number of rotatable bonds is 9. The molecule has 0 bridgehead atoms. The Balaban J connectivity index is 0.946. The second-order valence-electron chi connectivity index (χ2n) is 13.8. The molecular weight excluding hydrogens is 702 g/mol. The van der Waals surface area contributed by atoms with Gasteiger partial charge in [-0.05, 0) is 59.0 Å². The summed E-state index contributed by atoms with van der Waals surface area (Å²) in [5, 5.41) is 15.4. The van der Waals surface area contributed by atoms with Gasteiger partial charge in [0.25, 0.3) is 17.5 Å². The number of hydrogen-bond acceptors (Lipinski definition) is 10. The Kier molecular flexibility index (Phi) is 8.33. The molecule has 0 fully saturated rings. The topological polar surface area (TPSA) is 145 Å². The number of non-ortho nitro benzene ring substituents is 1. The summed E-state index contributed by atoms with van der Waals surface area (Å²) in [4.78, 5) is 47.5. The Morgan fingerprint density at radius 2 is 1.35 bits per heavy atom. The zero-order chi connectivity index (χ0) is 37.8. The number of methoxy groups -OCH3 is 2. The first-order valence-corrected chi connectivity index (χ1v) is 17.9. The van der Waals surface area contributed by atoms with Crippen LogP contribution in [0.1, 0.15) is 43.0 Å². The van der Waals surface area contributed by atoms with Crippen LogP contribution in [-0.4, -0.2) is 55.8 Å². The SMILES string of the molecule is COc1cc2c(cc1OCc1cc(COc3cc4c(cc3OC)C(=O)N3c5ccccc5CC3CN4)cc([N+](=O)[O-])c1)N=C[C@@H]1Cc3ccccc3N1C2=O. The number of anilines is 3. The molecule has 2 atom stereocenters. The van der Waals surface area contributed by atoms with E-state index in [4.69, 9.17) is 18.9 Å². The Labute approximate surface area is 315 Å². The summed E-state index contributed by atoms with van der Waals surface area (Å²) < 4.78 is 23.7. The normalized spacial score (nSPS) is 17.4. The highest BCUT2D eigenvalue weighted by atomic mass is 16.6. The van der Waals surface area contributed by atoms with E-state index in [1.807, 2.05) is 53.4 Å². The lowest BCUT2D eigenvalue weighted by Gasteiger charge is -2.22. The third-order valence-electron chi connectivity index (χ3n) is 10.5. The number of benzene rings is 5. The summed E-state index contributed by atoms with van der Waals surface area (Å²) in [7, 11) is 2.99. The minimum Gasteiger partial charge on any atom is -0.493 e. The van der Waals surface area contributed by atoms with Crippen LogP contribution >= 0.6 is 0 Å². The van der Waals surface area contributed by atoms with Crippen molar-refractivity contribution in [2.75, 3.05) is 35.9 Å². The molecule has 4 aliphatic heterocycles. The molecule has 0 radical (unpaired) electrons. The van der Waals surface area contributed by atoms with Crippen LogP contribution in [0.3, 0.4) is 0 Å². The van der Waals surface area contributed by atoms with Crippen LogP contribution in [0, 0.1) is 10.1 Å². The lowest BCUT2D eigenvalue weighted by atomic mass is 10.1. The molecule has 0 aromatic heterocycles. The average molecular weight is 738 g/mol. The molecule has 55 heavy (non-hydrogen) atoms. The van der Waals surface area contributed by atoms with Crippen LogP contribution in [0.25, 0.3) is 0 Å². The fourth-order valence-corrected chi connectivity index (χ4v) is 7.94. The zero-order valence-corrected chi connectivity index (χ0v) is 30.0. The van der Waals surface area contributed by atoms with Crippen molar-refractivity contribution in [1.82, 2.24) is 0 Å². The summed E-state index contributed by atoms with van der Waals surface area (Å²) in [6.07, 6.45) is 3.20. The van der Waals surface area contributed by atoms with Crippen molar-refractivity contribution in [1.29, 1.82) is 0 Å². The van der Waals surface area contributed by atoms with E-state index in [-0.39, 0.29) is 42.8 Å². The minimum atomic E-state index is -0.469. The highest BCUT2D eigenvalue weighted by Crippen LogP contribution is 2.43. The van der Waals surface area contributed by atoms with Crippen LogP contribution in [0.5, 0.6) is 23.0 Å². The van der Waals surface area contributed by atoms with Crippen molar-refractivity contribution in [3.63, 3.8) is 0 Å². The smallest absolute Gasteiger partial charge is 0.270 e. The van der Waals surface area contributed by atoms with Crippen LogP contribution in [0.4, 0.5) is 28.4 Å². The molecule has 0 aliphatic carbocycles. The highest BCUT2D eigenvalue weighted by Gasteiger charge is 2.38. The third-order valence-corrected chi connectivity index (χ3v) is 10.5. The predicted molar refractivity (Wildman–Crippen MR) is 206 cm³/mol. The first-order chi connectivity index (χ1) is 26.8. The molecular formula is C42H35N5O8. The molecule has 276 valence electrons. The van der Waals surface area contributed by atoms with Gasteiger partial charge >= 0.3 is 0 Å². The Bertz CT molecular complexity index is 2450. The maximum Gasteiger partial charge on any atom is 0.270 e. The van der Waals surface area contributed by atoms with E-state index in [2.05, 4.69) is 10.3 Å². The molecule has 5 aromatic carbocycles. The van der Waals surface area contributed by atoms with E-state index in [1.165, 1.54) is 26.4 Å². The molecule has 0 spiro atoms. The lowest BCUT2D eigenvalue weighted by molar-refractivity contribution is -0.385. The standard InChI is InChI=1S/C42H35N5O8/c1-52-37-16-31-33(43-20-29-14-26-7-3-5-9-35(26)45(29)41(31)48)18-39(37)54-22-24-11-25(13-28(12-24)47(50)51)23-55-40-19-34-32(17-38(40)53-2)42(49)46-30(21-44-34)15-27-8-4-6-10-36(27)46/h3-13,16-20,29-30,44H,14-15,21-23H2,1-2H3/t29-,30?/m0/s1. The second kappa shape index (κ2) is 13.5. The molecule has 0 saturated carbocycles. The Hall–Kier alpha value is -6.89. The van der Waals surface area contributed by atoms with Crippen LogP contribution < -0.4 is 34.1 Å². The largest absolute Gasteiger partial charge is 0.493 e. The number of carbonyl (C=O) groups is 2. The zero-order valence-electron chi connectivity index (χ0n) is 30.0. The minimum absolute atomic E-state index is 0.0281. The summed E-state index contributed by atoms with van der Waals surface area (Å²) >= 11 is 0. The van der Waals surface area contributed by atoms with E-state index < -0.39 is 4.92 Å². The number of nitro groups is 1. The predicted octanol–water partition coefficient (Wildman–Crippen LogP) is 7.05. The fourth-order valence-electron chi connectivity index (χ4n) is 7.94. The van der Waals surface area contributed by atoms with Gasteiger partial charge in [-0.2, -0.15) is 0 Å². The summed E-state index contributed by atoms with van der Waals surface area (Å²) in [6, 6.07) is 26.8. The highest BCUT2D eigenvalue weighted by molar-refractivity contribution is 6.15. The summed E-state index contributed by atoms with van der Waals surface area (Å²) in [6.45, 7) is 0.483. The molecule has 4 aliphatic rings. The number of amides is 2. The van der Waals surface area contributed by atoms with Gasteiger partial charge in [-0.3, -0.25) is 29.6 Å². The van der Waals surface area contributed by atoms with Crippen LogP contribution in [0.15, 0.2) is 96.0 Å². The number of nitro benzene ring substituents is 1. The van der Waals surface area contributed by atoms with E-state index in [0.717, 1.165) is 28.9 Å². The molecule has 4 heterocycles. The molecule has 13 nitrogen and oxygen atoms in total. The van der Waals surface area contributed by atoms with Gasteiger partial charge in [-0.15, -0.1) is 0 Å². The maximum absolute atomic E-state index is 13.8. The van der Waals surface area contributed by atoms with Crippen LogP contribution in [-0.2, 0) is 26.1 Å². The molecule has 9 rings (SSSR count). The van der Waals surface area contributed by atoms with Crippen molar-refractivity contribution in [2.45, 2.75) is 38.1 Å². The van der Waals surface area contributed by atoms with Gasteiger partial charge in [-0.25, -0.2) is 0 Å².